The summed E-state index contributed by atoms with van der Waals surface area (Å²) in [5.74, 6) is 0. The third-order valence-corrected chi connectivity index (χ3v) is 3.57. The number of rotatable bonds is 9. The first-order valence-electron chi connectivity index (χ1n) is 6.81. The summed E-state index contributed by atoms with van der Waals surface area (Å²) in [7, 11) is 0. The molecule has 0 saturated carbocycles. The lowest BCUT2D eigenvalue weighted by atomic mass is 10.1. The zero-order chi connectivity index (χ0) is 14.1. The lowest BCUT2D eigenvalue weighted by molar-refractivity contribution is 0.117. The summed E-state index contributed by atoms with van der Waals surface area (Å²) in [6.07, 6.45) is 6.23. The quantitative estimate of drug-likeness (QED) is 0.540. The largest absolute Gasteiger partial charge is 0.389 e. The van der Waals surface area contributed by atoms with Crippen molar-refractivity contribution in [2.75, 3.05) is 6.61 Å². The maximum atomic E-state index is 6.16. The average molecular weight is 300 g/mol. The van der Waals surface area contributed by atoms with Gasteiger partial charge in [-0.05, 0) is 18.1 Å². The molecule has 0 unspecified atom stereocenters. The summed E-state index contributed by atoms with van der Waals surface area (Å²) in [6.45, 7) is 3.55. The first kappa shape index (κ1) is 16.4. The van der Waals surface area contributed by atoms with Crippen LogP contribution in [0.25, 0.3) is 0 Å². The van der Waals surface area contributed by atoms with E-state index in [0.717, 1.165) is 24.2 Å². The Kier molecular flexibility index (Phi) is 8.03. The first-order valence-corrected chi connectivity index (χ1v) is 7.59. The summed E-state index contributed by atoms with van der Waals surface area (Å²) >= 11 is 11.1. The molecule has 0 aliphatic carbocycles. The minimum absolute atomic E-state index is 0.366. The average Bonchev–Trinajstić information content (AvgIpc) is 2.39. The van der Waals surface area contributed by atoms with E-state index >= 15 is 0 Å². The Morgan fingerprint density at radius 3 is 2.63 bits per heavy atom. The summed E-state index contributed by atoms with van der Waals surface area (Å²) < 4.78 is 5.63. The molecule has 0 atom stereocenters. The van der Waals surface area contributed by atoms with E-state index in [1.54, 1.807) is 6.07 Å². The van der Waals surface area contributed by atoms with E-state index in [1.165, 1.54) is 25.7 Å². The van der Waals surface area contributed by atoms with Gasteiger partial charge in [0.1, 0.15) is 4.99 Å². The van der Waals surface area contributed by atoms with Crippen LogP contribution in [-0.4, -0.2) is 11.6 Å². The zero-order valence-electron chi connectivity index (χ0n) is 11.5. The van der Waals surface area contributed by atoms with Crippen LogP contribution in [-0.2, 0) is 11.3 Å². The lowest BCUT2D eigenvalue weighted by Crippen LogP contribution is -2.09. The molecule has 106 valence electrons. The van der Waals surface area contributed by atoms with Crippen molar-refractivity contribution in [3.8, 4) is 0 Å². The van der Waals surface area contributed by atoms with Crippen LogP contribution < -0.4 is 5.73 Å². The highest BCUT2D eigenvalue weighted by atomic mass is 35.5. The number of benzene rings is 1. The molecule has 1 rings (SSSR count). The Labute approximate surface area is 126 Å². The van der Waals surface area contributed by atoms with E-state index in [0.29, 0.717) is 16.6 Å². The van der Waals surface area contributed by atoms with Crippen molar-refractivity contribution >= 4 is 28.8 Å². The molecular formula is C15H22ClNOS. The molecule has 0 heterocycles. The fraction of sp³-hybridized carbons (Fsp3) is 0.533. The maximum Gasteiger partial charge on any atom is 0.104 e. The molecule has 0 amide bonds. The van der Waals surface area contributed by atoms with Crippen molar-refractivity contribution in [1.82, 2.24) is 0 Å². The molecule has 0 radical (unpaired) electrons. The topological polar surface area (TPSA) is 35.2 Å². The van der Waals surface area contributed by atoms with Gasteiger partial charge in [0.05, 0.1) is 6.61 Å². The zero-order valence-corrected chi connectivity index (χ0v) is 13.0. The molecule has 0 fully saturated rings. The number of thiocarbonyl (C=S) groups is 1. The molecule has 0 bridgehead atoms. The second kappa shape index (κ2) is 9.29. The van der Waals surface area contributed by atoms with E-state index in [9.17, 15) is 0 Å². The van der Waals surface area contributed by atoms with Gasteiger partial charge in [-0.3, -0.25) is 0 Å². The second-order valence-corrected chi connectivity index (χ2v) is 5.48. The van der Waals surface area contributed by atoms with Gasteiger partial charge < -0.3 is 10.5 Å². The molecule has 19 heavy (non-hydrogen) atoms. The predicted molar refractivity (Wildman–Crippen MR) is 85.8 cm³/mol. The smallest absolute Gasteiger partial charge is 0.104 e. The van der Waals surface area contributed by atoms with Crippen LogP contribution >= 0.6 is 23.8 Å². The normalized spacial score (nSPS) is 10.6. The van der Waals surface area contributed by atoms with Crippen LogP contribution in [0.3, 0.4) is 0 Å². The van der Waals surface area contributed by atoms with Gasteiger partial charge in [-0.2, -0.15) is 0 Å². The molecule has 0 spiro atoms. The van der Waals surface area contributed by atoms with E-state index in [1.807, 2.05) is 12.1 Å². The molecule has 0 saturated heterocycles. The van der Waals surface area contributed by atoms with Crippen LogP contribution in [0, 0.1) is 0 Å². The summed E-state index contributed by atoms with van der Waals surface area (Å²) in [4.78, 5) is 0.366. The van der Waals surface area contributed by atoms with Gasteiger partial charge in [0.2, 0.25) is 0 Å². The lowest BCUT2D eigenvalue weighted by Gasteiger charge is -2.08. The summed E-state index contributed by atoms with van der Waals surface area (Å²) in [6, 6.07) is 5.60. The van der Waals surface area contributed by atoms with E-state index in [2.05, 4.69) is 6.92 Å². The van der Waals surface area contributed by atoms with Crippen LogP contribution in [0.4, 0.5) is 0 Å². The number of nitrogens with two attached hydrogens (primary N) is 1. The van der Waals surface area contributed by atoms with Crippen LogP contribution in [0.5, 0.6) is 0 Å². The minimum atomic E-state index is 0.366. The van der Waals surface area contributed by atoms with Crippen LogP contribution in [0.15, 0.2) is 18.2 Å². The molecule has 2 N–H and O–H groups in total. The Balaban J connectivity index is 2.28. The SMILES string of the molecule is CCCCCCCOCc1ccc(C(N)=S)cc1Cl. The van der Waals surface area contributed by atoms with E-state index in [-0.39, 0.29) is 0 Å². The molecule has 1 aromatic rings. The molecule has 0 aliphatic heterocycles. The van der Waals surface area contributed by atoms with E-state index in [4.69, 9.17) is 34.3 Å². The number of hydrogen-bond donors (Lipinski definition) is 1. The minimum Gasteiger partial charge on any atom is -0.389 e. The summed E-state index contributed by atoms with van der Waals surface area (Å²) in [5.41, 5.74) is 7.33. The van der Waals surface area contributed by atoms with Crippen molar-refractivity contribution in [3.05, 3.63) is 34.3 Å². The molecular weight excluding hydrogens is 278 g/mol. The highest BCUT2D eigenvalue weighted by Crippen LogP contribution is 2.19. The van der Waals surface area contributed by atoms with Gasteiger partial charge in [0.25, 0.3) is 0 Å². The Morgan fingerprint density at radius 2 is 2.00 bits per heavy atom. The molecule has 0 aliphatic rings. The molecule has 0 aromatic heterocycles. The monoisotopic (exact) mass is 299 g/mol. The predicted octanol–water partition coefficient (Wildman–Crippen LogP) is 4.46. The van der Waals surface area contributed by atoms with Gasteiger partial charge in [-0.15, -0.1) is 0 Å². The van der Waals surface area contributed by atoms with Gasteiger partial charge in [0.15, 0.2) is 0 Å². The second-order valence-electron chi connectivity index (χ2n) is 4.64. The van der Waals surface area contributed by atoms with Crippen LogP contribution in [0.2, 0.25) is 5.02 Å². The highest BCUT2D eigenvalue weighted by Gasteiger charge is 2.03. The molecule has 2 nitrogen and oxygen atoms in total. The Bertz CT molecular complexity index is 409. The van der Waals surface area contributed by atoms with Gasteiger partial charge in [-0.1, -0.05) is 68.6 Å². The fourth-order valence-corrected chi connectivity index (χ4v) is 2.17. The van der Waals surface area contributed by atoms with Crippen molar-refractivity contribution in [1.29, 1.82) is 0 Å². The highest BCUT2D eigenvalue weighted by molar-refractivity contribution is 7.80. The summed E-state index contributed by atoms with van der Waals surface area (Å²) in [5, 5.41) is 0.663. The molecule has 4 heteroatoms. The van der Waals surface area contributed by atoms with Crippen molar-refractivity contribution < 1.29 is 4.74 Å². The Morgan fingerprint density at radius 1 is 1.26 bits per heavy atom. The maximum absolute atomic E-state index is 6.16. The third kappa shape index (κ3) is 6.37. The van der Waals surface area contributed by atoms with Gasteiger partial charge in [0, 0.05) is 17.2 Å². The van der Waals surface area contributed by atoms with Crippen LogP contribution in [0.1, 0.15) is 50.2 Å². The number of halogens is 1. The van der Waals surface area contributed by atoms with Crippen molar-refractivity contribution in [2.24, 2.45) is 5.73 Å². The fourth-order valence-electron chi connectivity index (χ4n) is 1.81. The number of ether oxygens (including phenoxy) is 1. The van der Waals surface area contributed by atoms with Crippen molar-refractivity contribution in [2.45, 2.75) is 45.6 Å². The number of unbranched alkanes of at least 4 members (excludes halogenated alkanes) is 4. The van der Waals surface area contributed by atoms with Gasteiger partial charge in [-0.25, -0.2) is 0 Å². The Hall–Kier alpha value is -0.640. The molecule has 1 aromatic carbocycles. The van der Waals surface area contributed by atoms with E-state index < -0.39 is 0 Å². The number of hydrogen-bond acceptors (Lipinski definition) is 2. The standard InChI is InChI=1S/C15H22ClNOS/c1-2-3-4-5-6-9-18-11-13-8-7-12(15(17)19)10-14(13)16/h7-8,10H,2-6,9,11H2,1H3,(H2,17,19). The first-order chi connectivity index (χ1) is 9.15. The third-order valence-electron chi connectivity index (χ3n) is 2.99. The van der Waals surface area contributed by atoms with Crippen molar-refractivity contribution in [3.63, 3.8) is 0 Å². The van der Waals surface area contributed by atoms with Gasteiger partial charge >= 0.3 is 0 Å².